The van der Waals surface area contributed by atoms with Crippen molar-refractivity contribution >= 4 is 0 Å². The predicted octanol–water partition coefficient (Wildman–Crippen LogP) is 3.67. The molecule has 0 amide bonds. The fourth-order valence-electron chi connectivity index (χ4n) is 2.90. The van der Waals surface area contributed by atoms with Gasteiger partial charge in [-0.1, -0.05) is 19.1 Å². The van der Waals surface area contributed by atoms with Gasteiger partial charge >= 0.3 is 6.36 Å². The van der Waals surface area contributed by atoms with E-state index in [0.29, 0.717) is 6.04 Å². The van der Waals surface area contributed by atoms with E-state index < -0.39 is 6.36 Å². The third-order valence-corrected chi connectivity index (χ3v) is 4.46. The first kappa shape index (κ1) is 17.1. The minimum Gasteiger partial charge on any atom is -0.406 e. The van der Waals surface area contributed by atoms with E-state index in [0.717, 1.165) is 31.6 Å². The Bertz CT molecular complexity index is 475. The molecule has 1 saturated heterocycles. The molecule has 1 aliphatic rings. The Kier molecular flexibility index (Phi) is 5.34. The largest absolute Gasteiger partial charge is 0.573 e. The van der Waals surface area contributed by atoms with Crippen molar-refractivity contribution in [2.75, 3.05) is 26.7 Å². The van der Waals surface area contributed by atoms with Crippen LogP contribution in [-0.2, 0) is 0 Å². The first-order valence-electron chi connectivity index (χ1n) is 7.60. The first-order valence-corrected chi connectivity index (χ1v) is 7.60. The molecule has 0 aromatic heterocycles. The Hall–Kier alpha value is -1.27. The van der Waals surface area contributed by atoms with Gasteiger partial charge in [-0.3, -0.25) is 4.90 Å². The van der Waals surface area contributed by atoms with Gasteiger partial charge in [0.25, 0.3) is 0 Å². The zero-order chi connectivity index (χ0) is 16.3. The lowest BCUT2D eigenvalue weighted by Crippen LogP contribution is -2.35. The minimum atomic E-state index is -4.64. The molecule has 0 N–H and O–H groups in total. The normalized spacial score (nSPS) is 21.3. The molecule has 1 fully saturated rings. The molecule has 6 heteroatoms. The Morgan fingerprint density at radius 1 is 1.32 bits per heavy atom. The van der Waals surface area contributed by atoms with Gasteiger partial charge in [-0.05, 0) is 44.6 Å². The average Bonchev–Trinajstić information content (AvgIpc) is 2.94. The van der Waals surface area contributed by atoms with Gasteiger partial charge in [0.2, 0.25) is 0 Å². The van der Waals surface area contributed by atoms with Crippen molar-refractivity contribution in [3.63, 3.8) is 0 Å². The Morgan fingerprint density at radius 3 is 2.50 bits per heavy atom. The molecule has 2 atom stereocenters. The number of nitrogens with zero attached hydrogens (tertiary/aromatic N) is 2. The third kappa shape index (κ3) is 4.36. The molecule has 0 unspecified atom stereocenters. The SMILES string of the molecule is CCN(C)[C@H]1CCN([C@@H](C)c2ccc(OC(F)(F)F)cc2)C1. The van der Waals surface area contributed by atoms with Gasteiger partial charge < -0.3 is 9.64 Å². The van der Waals surface area contributed by atoms with Crippen molar-refractivity contribution in [2.24, 2.45) is 0 Å². The van der Waals surface area contributed by atoms with Gasteiger partial charge in [-0.25, -0.2) is 0 Å². The topological polar surface area (TPSA) is 15.7 Å². The quantitative estimate of drug-likeness (QED) is 0.824. The van der Waals surface area contributed by atoms with E-state index in [-0.39, 0.29) is 11.8 Å². The molecule has 0 spiro atoms. The van der Waals surface area contributed by atoms with Gasteiger partial charge in [-0.15, -0.1) is 13.2 Å². The van der Waals surface area contributed by atoms with Crippen molar-refractivity contribution in [2.45, 2.75) is 38.7 Å². The maximum absolute atomic E-state index is 12.2. The van der Waals surface area contributed by atoms with Crippen LogP contribution in [0, 0.1) is 0 Å². The van der Waals surface area contributed by atoms with Crippen molar-refractivity contribution in [1.29, 1.82) is 0 Å². The van der Waals surface area contributed by atoms with Crippen molar-refractivity contribution in [3.05, 3.63) is 29.8 Å². The second-order valence-electron chi connectivity index (χ2n) is 5.80. The standard InChI is InChI=1S/C16H23F3N2O/c1-4-20(3)14-9-10-21(11-14)12(2)13-5-7-15(8-6-13)22-16(17,18)19/h5-8,12,14H,4,9-11H2,1-3H3/t12-,14-/m0/s1. The molecular weight excluding hydrogens is 293 g/mol. The summed E-state index contributed by atoms with van der Waals surface area (Å²) >= 11 is 0. The number of ether oxygens (including phenoxy) is 1. The van der Waals surface area contributed by atoms with Crippen molar-refractivity contribution < 1.29 is 17.9 Å². The number of likely N-dealkylation sites (tertiary alicyclic amines) is 1. The molecule has 1 aromatic carbocycles. The molecular formula is C16H23F3N2O. The number of halogens is 3. The van der Waals surface area contributed by atoms with Crippen LogP contribution in [0.3, 0.4) is 0 Å². The van der Waals surface area contributed by atoms with Crippen LogP contribution in [0.15, 0.2) is 24.3 Å². The van der Waals surface area contributed by atoms with E-state index in [1.165, 1.54) is 12.1 Å². The molecule has 0 bridgehead atoms. The van der Waals surface area contributed by atoms with Gasteiger partial charge in [0.15, 0.2) is 0 Å². The van der Waals surface area contributed by atoms with Gasteiger partial charge in [0.05, 0.1) is 0 Å². The first-order chi connectivity index (χ1) is 10.3. The van der Waals surface area contributed by atoms with Crippen LogP contribution in [0.25, 0.3) is 0 Å². The molecule has 3 nitrogen and oxygen atoms in total. The zero-order valence-electron chi connectivity index (χ0n) is 13.2. The number of hydrogen-bond donors (Lipinski definition) is 0. The van der Waals surface area contributed by atoms with E-state index in [1.54, 1.807) is 12.1 Å². The number of rotatable bonds is 5. The van der Waals surface area contributed by atoms with Crippen molar-refractivity contribution in [3.8, 4) is 5.75 Å². The van der Waals surface area contributed by atoms with Gasteiger partial charge in [0.1, 0.15) is 5.75 Å². The van der Waals surface area contributed by atoms with Crippen LogP contribution >= 0.6 is 0 Å². The van der Waals surface area contributed by atoms with E-state index in [1.807, 2.05) is 0 Å². The number of likely N-dealkylation sites (N-methyl/N-ethyl adjacent to an activating group) is 1. The molecule has 1 aliphatic heterocycles. The van der Waals surface area contributed by atoms with Crippen LogP contribution in [0.1, 0.15) is 31.9 Å². The second kappa shape index (κ2) is 6.87. The van der Waals surface area contributed by atoms with E-state index in [9.17, 15) is 13.2 Å². The zero-order valence-corrected chi connectivity index (χ0v) is 13.2. The molecule has 0 radical (unpaired) electrons. The second-order valence-corrected chi connectivity index (χ2v) is 5.80. The molecule has 0 aliphatic carbocycles. The van der Waals surface area contributed by atoms with E-state index >= 15 is 0 Å². The summed E-state index contributed by atoms with van der Waals surface area (Å²) in [6, 6.07) is 6.93. The van der Waals surface area contributed by atoms with E-state index in [2.05, 4.69) is 35.4 Å². The Balaban J connectivity index is 1.97. The highest BCUT2D eigenvalue weighted by molar-refractivity contribution is 5.29. The molecule has 2 rings (SSSR count). The number of benzene rings is 1. The Labute approximate surface area is 129 Å². The minimum absolute atomic E-state index is 0.173. The summed E-state index contributed by atoms with van der Waals surface area (Å²) in [5.41, 5.74) is 1.01. The van der Waals surface area contributed by atoms with E-state index in [4.69, 9.17) is 0 Å². The summed E-state index contributed by atoms with van der Waals surface area (Å²) in [7, 11) is 2.13. The van der Waals surface area contributed by atoms with Gasteiger partial charge in [-0.2, -0.15) is 0 Å². The summed E-state index contributed by atoms with van der Waals surface area (Å²) in [5, 5.41) is 0. The maximum atomic E-state index is 12.2. The monoisotopic (exact) mass is 316 g/mol. The molecule has 1 aromatic rings. The summed E-state index contributed by atoms with van der Waals surface area (Å²) in [4.78, 5) is 4.71. The Morgan fingerprint density at radius 2 is 1.95 bits per heavy atom. The van der Waals surface area contributed by atoms with Crippen LogP contribution < -0.4 is 4.74 Å². The number of hydrogen-bond acceptors (Lipinski definition) is 3. The highest BCUT2D eigenvalue weighted by Crippen LogP contribution is 2.29. The third-order valence-electron chi connectivity index (χ3n) is 4.46. The van der Waals surface area contributed by atoms with Crippen LogP contribution in [0.2, 0.25) is 0 Å². The molecule has 124 valence electrons. The predicted molar refractivity (Wildman–Crippen MR) is 79.8 cm³/mol. The van der Waals surface area contributed by atoms with Gasteiger partial charge in [0, 0.05) is 25.2 Å². The van der Waals surface area contributed by atoms with Crippen molar-refractivity contribution in [1.82, 2.24) is 9.80 Å². The molecule has 0 saturated carbocycles. The van der Waals surface area contributed by atoms with Crippen LogP contribution in [0.4, 0.5) is 13.2 Å². The maximum Gasteiger partial charge on any atom is 0.573 e. The highest BCUT2D eigenvalue weighted by Gasteiger charge is 2.31. The lowest BCUT2D eigenvalue weighted by molar-refractivity contribution is -0.274. The smallest absolute Gasteiger partial charge is 0.406 e. The summed E-state index contributed by atoms with van der Waals surface area (Å²) in [6.45, 7) is 7.26. The summed E-state index contributed by atoms with van der Waals surface area (Å²) < 4.78 is 40.4. The number of alkyl halides is 3. The summed E-state index contributed by atoms with van der Waals surface area (Å²) in [5.74, 6) is -0.173. The highest BCUT2D eigenvalue weighted by atomic mass is 19.4. The fraction of sp³-hybridized carbons (Fsp3) is 0.625. The molecule has 22 heavy (non-hydrogen) atoms. The fourth-order valence-corrected chi connectivity index (χ4v) is 2.90. The lowest BCUT2D eigenvalue weighted by Gasteiger charge is -2.27. The van der Waals surface area contributed by atoms with Crippen LogP contribution in [-0.4, -0.2) is 48.9 Å². The summed E-state index contributed by atoms with van der Waals surface area (Å²) in [6.07, 6.45) is -3.51. The molecule has 1 heterocycles. The van der Waals surface area contributed by atoms with Crippen LogP contribution in [0.5, 0.6) is 5.75 Å². The lowest BCUT2D eigenvalue weighted by atomic mass is 10.1. The average molecular weight is 316 g/mol.